The molecule has 0 saturated carbocycles. The Morgan fingerprint density at radius 2 is 2.26 bits per heavy atom. The van der Waals surface area contributed by atoms with Crippen LogP contribution in [0.25, 0.3) is 0 Å². The molecule has 1 aromatic rings. The van der Waals surface area contributed by atoms with Crippen molar-refractivity contribution in [3.63, 3.8) is 0 Å². The van der Waals surface area contributed by atoms with E-state index in [1.54, 1.807) is 7.11 Å². The summed E-state index contributed by atoms with van der Waals surface area (Å²) in [6.45, 7) is 2.54. The van der Waals surface area contributed by atoms with Crippen molar-refractivity contribution in [2.45, 2.75) is 31.4 Å². The maximum absolute atomic E-state index is 6.02. The molecule has 1 N–H and O–H groups in total. The molecule has 2 aliphatic rings. The SMILES string of the molecule is COc1c(OC2CCOC2)cccc1C1CCCN1. The first-order chi connectivity index (χ1) is 9.38. The van der Waals surface area contributed by atoms with Gasteiger partial charge in [-0.05, 0) is 25.5 Å². The second-order valence-corrected chi connectivity index (χ2v) is 5.13. The minimum atomic E-state index is 0.153. The van der Waals surface area contributed by atoms with Gasteiger partial charge in [0.1, 0.15) is 6.10 Å². The van der Waals surface area contributed by atoms with Crippen LogP contribution in [0.4, 0.5) is 0 Å². The van der Waals surface area contributed by atoms with Crippen molar-refractivity contribution in [2.75, 3.05) is 26.9 Å². The molecule has 2 unspecified atom stereocenters. The van der Waals surface area contributed by atoms with Crippen LogP contribution in [-0.4, -0.2) is 33.0 Å². The summed E-state index contributed by atoms with van der Waals surface area (Å²) < 4.78 is 17.0. The van der Waals surface area contributed by atoms with Crippen LogP contribution in [0.5, 0.6) is 11.5 Å². The van der Waals surface area contributed by atoms with Gasteiger partial charge < -0.3 is 19.5 Å². The van der Waals surface area contributed by atoms with Crippen LogP contribution in [0.2, 0.25) is 0 Å². The Bertz CT molecular complexity index is 423. The number of nitrogens with one attached hydrogen (secondary N) is 1. The molecule has 0 aromatic heterocycles. The van der Waals surface area contributed by atoms with Crippen LogP contribution in [0.15, 0.2) is 18.2 Å². The molecule has 19 heavy (non-hydrogen) atoms. The third-order valence-electron chi connectivity index (χ3n) is 3.83. The molecular formula is C15H21NO3. The summed E-state index contributed by atoms with van der Waals surface area (Å²) in [6, 6.07) is 6.54. The molecule has 2 fully saturated rings. The molecule has 0 bridgehead atoms. The highest BCUT2D eigenvalue weighted by Crippen LogP contribution is 2.38. The molecule has 3 rings (SSSR count). The molecule has 2 aliphatic heterocycles. The number of para-hydroxylation sites is 1. The second-order valence-electron chi connectivity index (χ2n) is 5.13. The second kappa shape index (κ2) is 5.80. The van der Waals surface area contributed by atoms with Crippen LogP contribution >= 0.6 is 0 Å². The molecule has 4 nitrogen and oxygen atoms in total. The lowest BCUT2D eigenvalue weighted by Crippen LogP contribution is -2.18. The first-order valence-corrected chi connectivity index (χ1v) is 7.03. The number of hydrogen-bond acceptors (Lipinski definition) is 4. The summed E-state index contributed by atoms with van der Waals surface area (Å²) in [5.41, 5.74) is 1.21. The lowest BCUT2D eigenvalue weighted by Gasteiger charge is -2.20. The summed E-state index contributed by atoms with van der Waals surface area (Å²) in [4.78, 5) is 0. The van der Waals surface area contributed by atoms with Crippen LogP contribution in [0, 0.1) is 0 Å². The van der Waals surface area contributed by atoms with Crippen molar-refractivity contribution in [1.82, 2.24) is 5.32 Å². The van der Waals surface area contributed by atoms with Gasteiger partial charge in [-0.15, -0.1) is 0 Å². The molecule has 0 spiro atoms. The molecule has 1 aromatic carbocycles. The Labute approximate surface area is 114 Å². The zero-order valence-electron chi connectivity index (χ0n) is 11.4. The lowest BCUT2D eigenvalue weighted by atomic mass is 10.0. The smallest absolute Gasteiger partial charge is 0.165 e. The van der Waals surface area contributed by atoms with E-state index in [9.17, 15) is 0 Å². The van der Waals surface area contributed by atoms with Gasteiger partial charge in [-0.3, -0.25) is 0 Å². The Hall–Kier alpha value is -1.26. The van der Waals surface area contributed by atoms with Gasteiger partial charge >= 0.3 is 0 Å². The Kier molecular flexibility index (Phi) is 3.89. The lowest BCUT2D eigenvalue weighted by molar-refractivity contribution is 0.138. The Balaban J connectivity index is 1.83. The highest BCUT2D eigenvalue weighted by atomic mass is 16.6. The van der Waals surface area contributed by atoms with Crippen LogP contribution in [-0.2, 0) is 4.74 Å². The van der Waals surface area contributed by atoms with Crippen molar-refractivity contribution in [3.8, 4) is 11.5 Å². The summed E-state index contributed by atoms with van der Waals surface area (Å²) >= 11 is 0. The van der Waals surface area contributed by atoms with E-state index in [-0.39, 0.29) is 6.10 Å². The van der Waals surface area contributed by atoms with Gasteiger partial charge in [0.05, 0.1) is 20.3 Å². The number of methoxy groups -OCH3 is 1. The van der Waals surface area contributed by atoms with Gasteiger partial charge in [-0.2, -0.15) is 0 Å². The average molecular weight is 263 g/mol. The summed E-state index contributed by atoms with van der Waals surface area (Å²) in [5.74, 6) is 1.71. The van der Waals surface area contributed by atoms with E-state index in [0.717, 1.165) is 37.5 Å². The van der Waals surface area contributed by atoms with E-state index in [2.05, 4.69) is 11.4 Å². The molecule has 104 valence electrons. The fourth-order valence-corrected chi connectivity index (χ4v) is 2.85. The standard InChI is InChI=1S/C15H21NO3/c1-17-15-12(13-5-3-8-16-13)4-2-6-14(15)19-11-7-9-18-10-11/h2,4,6,11,13,16H,3,5,7-10H2,1H3. The molecule has 0 radical (unpaired) electrons. The first-order valence-electron chi connectivity index (χ1n) is 7.03. The topological polar surface area (TPSA) is 39.7 Å². The fourth-order valence-electron chi connectivity index (χ4n) is 2.85. The third-order valence-corrected chi connectivity index (χ3v) is 3.83. The summed E-state index contributed by atoms with van der Waals surface area (Å²) in [7, 11) is 1.71. The van der Waals surface area contributed by atoms with Crippen molar-refractivity contribution in [3.05, 3.63) is 23.8 Å². The van der Waals surface area contributed by atoms with Crippen molar-refractivity contribution < 1.29 is 14.2 Å². The van der Waals surface area contributed by atoms with Gasteiger partial charge in [-0.1, -0.05) is 12.1 Å². The highest BCUT2D eigenvalue weighted by Gasteiger charge is 2.24. The van der Waals surface area contributed by atoms with Crippen LogP contribution < -0.4 is 14.8 Å². The molecule has 2 saturated heterocycles. The average Bonchev–Trinajstić information content (AvgIpc) is 3.11. The number of rotatable bonds is 4. The van der Waals surface area contributed by atoms with Gasteiger partial charge in [-0.25, -0.2) is 0 Å². The van der Waals surface area contributed by atoms with E-state index in [0.29, 0.717) is 12.6 Å². The van der Waals surface area contributed by atoms with Crippen LogP contribution in [0.3, 0.4) is 0 Å². The van der Waals surface area contributed by atoms with Crippen molar-refractivity contribution in [1.29, 1.82) is 0 Å². The van der Waals surface area contributed by atoms with Crippen LogP contribution in [0.1, 0.15) is 30.9 Å². The highest BCUT2D eigenvalue weighted by molar-refractivity contribution is 5.48. The van der Waals surface area contributed by atoms with Gasteiger partial charge in [0.25, 0.3) is 0 Å². The third kappa shape index (κ3) is 2.69. The zero-order valence-corrected chi connectivity index (χ0v) is 11.4. The van der Waals surface area contributed by atoms with Gasteiger partial charge in [0.2, 0.25) is 0 Å². The van der Waals surface area contributed by atoms with Crippen molar-refractivity contribution >= 4 is 0 Å². The summed E-state index contributed by atoms with van der Waals surface area (Å²) in [5, 5.41) is 3.51. The predicted molar refractivity (Wildman–Crippen MR) is 72.8 cm³/mol. The molecule has 2 heterocycles. The maximum Gasteiger partial charge on any atom is 0.165 e. The predicted octanol–water partition coefficient (Wildman–Crippen LogP) is 2.29. The minimum Gasteiger partial charge on any atom is -0.493 e. The van der Waals surface area contributed by atoms with E-state index in [1.165, 1.54) is 12.0 Å². The number of benzene rings is 1. The molecule has 2 atom stereocenters. The van der Waals surface area contributed by atoms with E-state index < -0.39 is 0 Å². The molecule has 0 aliphatic carbocycles. The van der Waals surface area contributed by atoms with Crippen molar-refractivity contribution in [2.24, 2.45) is 0 Å². The maximum atomic E-state index is 6.02. The normalized spacial score (nSPS) is 26.6. The monoisotopic (exact) mass is 263 g/mol. The Morgan fingerprint density at radius 1 is 1.32 bits per heavy atom. The van der Waals surface area contributed by atoms with Gasteiger partial charge in [0, 0.05) is 18.0 Å². The van der Waals surface area contributed by atoms with E-state index in [1.807, 2.05) is 12.1 Å². The minimum absolute atomic E-state index is 0.153. The summed E-state index contributed by atoms with van der Waals surface area (Å²) in [6.07, 6.45) is 3.48. The zero-order chi connectivity index (χ0) is 13.1. The Morgan fingerprint density at radius 3 is 2.95 bits per heavy atom. The molecule has 0 amide bonds. The molecular weight excluding hydrogens is 242 g/mol. The quantitative estimate of drug-likeness (QED) is 0.904. The van der Waals surface area contributed by atoms with E-state index in [4.69, 9.17) is 14.2 Å². The van der Waals surface area contributed by atoms with Gasteiger partial charge in [0.15, 0.2) is 11.5 Å². The number of hydrogen-bond donors (Lipinski definition) is 1. The first kappa shape index (κ1) is 12.8. The fraction of sp³-hybridized carbons (Fsp3) is 0.600. The molecule has 4 heteroatoms. The number of ether oxygens (including phenoxy) is 3. The van der Waals surface area contributed by atoms with E-state index >= 15 is 0 Å². The largest absolute Gasteiger partial charge is 0.493 e.